The molecule has 0 aliphatic carbocycles. The summed E-state index contributed by atoms with van der Waals surface area (Å²) in [5.41, 5.74) is 0. The van der Waals surface area contributed by atoms with Crippen molar-refractivity contribution in [1.29, 1.82) is 0 Å². The third-order valence-electron chi connectivity index (χ3n) is 1.71. The summed E-state index contributed by atoms with van der Waals surface area (Å²) in [6.45, 7) is 2.32. The van der Waals surface area contributed by atoms with Crippen molar-refractivity contribution < 1.29 is 0 Å². The first-order chi connectivity index (χ1) is 4.79. The molecule has 1 atom stereocenters. The van der Waals surface area contributed by atoms with Crippen LogP contribution in [0.5, 0.6) is 0 Å². The molecule has 1 aliphatic heterocycles. The van der Waals surface area contributed by atoms with Crippen molar-refractivity contribution >= 4 is 21.8 Å². The molecule has 0 aromatic heterocycles. The minimum atomic E-state index is -0.207. The minimum absolute atomic E-state index is 0.207. The van der Waals surface area contributed by atoms with E-state index in [4.69, 9.17) is 0 Å². The van der Waals surface area contributed by atoms with Gasteiger partial charge in [-0.3, -0.25) is 4.72 Å². The number of hydrogen-bond acceptors (Lipinski definition) is 3. The molecule has 0 radical (unpaired) electrons. The molecule has 1 heterocycles. The van der Waals surface area contributed by atoms with Crippen LogP contribution in [0.2, 0.25) is 0 Å². The Bertz CT molecular complexity index is 91.7. The van der Waals surface area contributed by atoms with Crippen molar-refractivity contribution in [1.82, 2.24) is 10.0 Å². The highest BCUT2D eigenvalue weighted by Crippen LogP contribution is 2.21. The lowest BCUT2D eigenvalue weighted by Crippen LogP contribution is -2.37. The highest BCUT2D eigenvalue weighted by atomic mass is 33.1. The Hall–Kier alpha value is 0.620. The van der Waals surface area contributed by atoms with Gasteiger partial charge in [-0.05, 0) is 32.2 Å². The fourth-order valence-electron chi connectivity index (χ4n) is 1.22. The first-order valence-electron chi connectivity index (χ1n) is 3.68. The Morgan fingerprint density at radius 3 is 2.60 bits per heavy atom. The lowest BCUT2D eigenvalue weighted by atomic mass is 10.1. The third-order valence-corrected chi connectivity index (χ3v) is 2.79. The molecule has 0 aromatic rings. The van der Waals surface area contributed by atoms with Crippen LogP contribution >= 0.6 is 21.8 Å². The zero-order valence-corrected chi connectivity index (χ0v) is 8.09. The van der Waals surface area contributed by atoms with Crippen LogP contribution in [-0.4, -0.2) is 25.4 Å². The predicted molar refractivity (Wildman–Crippen MR) is 52.9 cm³/mol. The van der Waals surface area contributed by atoms with Gasteiger partial charge in [-0.2, -0.15) is 10.1 Å². The average Bonchev–Trinajstić information content (AvgIpc) is 1.88. The lowest BCUT2D eigenvalue weighted by molar-refractivity contribution is 0.439. The molecule has 1 rings (SSSR count). The van der Waals surface area contributed by atoms with Gasteiger partial charge in [0.05, 0.1) is 0 Å². The maximum atomic E-state index is 4.34. The Labute approximate surface area is 70.4 Å². The van der Waals surface area contributed by atoms with E-state index in [2.05, 4.69) is 28.0 Å². The summed E-state index contributed by atoms with van der Waals surface area (Å²) in [7, 11) is -0.207. The smallest absolute Gasteiger partial charge is 0.0186 e. The molecule has 0 amide bonds. The molecule has 0 aromatic carbocycles. The SMILES string of the molecule is C[SH](S)NC1CCNCC1. The molecular weight excluding hydrogens is 164 g/mol. The summed E-state index contributed by atoms with van der Waals surface area (Å²) < 4.78 is 3.47. The number of thiol groups is 2. The molecule has 0 bridgehead atoms. The van der Waals surface area contributed by atoms with Gasteiger partial charge in [0.2, 0.25) is 0 Å². The van der Waals surface area contributed by atoms with Crippen molar-refractivity contribution in [2.45, 2.75) is 18.9 Å². The second-order valence-electron chi connectivity index (χ2n) is 2.68. The molecule has 2 N–H and O–H groups in total. The van der Waals surface area contributed by atoms with Crippen LogP contribution < -0.4 is 10.0 Å². The summed E-state index contributed by atoms with van der Waals surface area (Å²) >= 11 is 4.34. The number of hydrogen-bond donors (Lipinski definition) is 4. The van der Waals surface area contributed by atoms with E-state index in [-0.39, 0.29) is 10.1 Å². The van der Waals surface area contributed by atoms with Gasteiger partial charge in [-0.25, -0.2) is 0 Å². The highest BCUT2D eigenvalue weighted by Gasteiger charge is 2.11. The summed E-state index contributed by atoms with van der Waals surface area (Å²) in [5.74, 6) is 0. The molecule has 1 fully saturated rings. The normalized spacial score (nSPS) is 26.4. The zero-order chi connectivity index (χ0) is 7.40. The van der Waals surface area contributed by atoms with Gasteiger partial charge in [0.25, 0.3) is 0 Å². The summed E-state index contributed by atoms with van der Waals surface area (Å²) in [5, 5.41) is 3.33. The lowest BCUT2D eigenvalue weighted by Gasteiger charge is -2.26. The van der Waals surface area contributed by atoms with E-state index < -0.39 is 0 Å². The van der Waals surface area contributed by atoms with E-state index in [0.29, 0.717) is 0 Å². The summed E-state index contributed by atoms with van der Waals surface area (Å²) in [6.07, 6.45) is 4.65. The highest BCUT2D eigenvalue weighted by molar-refractivity contribution is 8.77. The number of rotatable bonds is 2. The van der Waals surface area contributed by atoms with Crippen LogP contribution in [-0.2, 0) is 0 Å². The molecule has 1 unspecified atom stereocenters. The predicted octanol–water partition coefficient (Wildman–Crippen LogP) is 0.719. The van der Waals surface area contributed by atoms with E-state index in [1.165, 1.54) is 12.8 Å². The topological polar surface area (TPSA) is 24.1 Å². The average molecular weight is 180 g/mol. The van der Waals surface area contributed by atoms with Gasteiger partial charge < -0.3 is 5.32 Å². The quantitative estimate of drug-likeness (QED) is 0.372. The van der Waals surface area contributed by atoms with Crippen molar-refractivity contribution in [3.05, 3.63) is 0 Å². The molecule has 62 valence electrons. The maximum Gasteiger partial charge on any atom is 0.0186 e. The van der Waals surface area contributed by atoms with Crippen LogP contribution in [0.4, 0.5) is 0 Å². The van der Waals surface area contributed by atoms with Crippen molar-refractivity contribution in [3.63, 3.8) is 0 Å². The molecule has 1 saturated heterocycles. The van der Waals surface area contributed by atoms with Crippen LogP contribution in [0.3, 0.4) is 0 Å². The largest absolute Gasteiger partial charge is 0.317 e. The van der Waals surface area contributed by atoms with E-state index in [9.17, 15) is 0 Å². The van der Waals surface area contributed by atoms with E-state index in [1.807, 2.05) is 0 Å². The maximum absolute atomic E-state index is 4.34. The number of nitrogens with one attached hydrogen (secondary N) is 2. The van der Waals surface area contributed by atoms with E-state index in [1.54, 1.807) is 0 Å². The molecule has 2 nitrogen and oxygen atoms in total. The Morgan fingerprint density at radius 1 is 1.50 bits per heavy atom. The van der Waals surface area contributed by atoms with Crippen molar-refractivity contribution in [2.75, 3.05) is 19.3 Å². The van der Waals surface area contributed by atoms with Gasteiger partial charge >= 0.3 is 0 Å². The van der Waals surface area contributed by atoms with Crippen molar-refractivity contribution in [2.24, 2.45) is 0 Å². The monoisotopic (exact) mass is 180 g/mol. The first-order valence-corrected chi connectivity index (χ1v) is 6.62. The molecule has 10 heavy (non-hydrogen) atoms. The molecule has 1 aliphatic rings. The van der Waals surface area contributed by atoms with E-state index in [0.717, 1.165) is 19.1 Å². The first kappa shape index (κ1) is 8.71. The molecule has 4 heteroatoms. The summed E-state index contributed by atoms with van der Waals surface area (Å²) in [4.78, 5) is 0. The second kappa shape index (κ2) is 4.49. The van der Waals surface area contributed by atoms with Gasteiger partial charge in [0.15, 0.2) is 0 Å². The summed E-state index contributed by atoms with van der Waals surface area (Å²) in [6, 6.07) is 0.717. The molecular formula is C6H16N2S2. The Balaban J connectivity index is 2.13. The Kier molecular flexibility index (Phi) is 3.91. The van der Waals surface area contributed by atoms with Crippen LogP contribution in [0.15, 0.2) is 0 Å². The van der Waals surface area contributed by atoms with Crippen LogP contribution in [0.25, 0.3) is 0 Å². The van der Waals surface area contributed by atoms with Crippen LogP contribution in [0, 0.1) is 0 Å². The van der Waals surface area contributed by atoms with Gasteiger partial charge in [-0.1, -0.05) is 0 Å². The van der Waals surface area contributed by atoms with Crippen molar-refractivity contribution in [3.8, 4) is 0 Å². The second-order valence-corrected chi connectivity index (χ2v) is 5.78. The van der Waals surface area contributed by atoms with E-state index >= 15 is 0 Å². The van der Waals surface area contributed by atoms with Gasteiger partial charge in [-0.15, -0.1) is 11.7 Å². The Morgan fingerprint density at radius 2 is 2.10 bits per heavy atom. The fraction of sp³-hybridized carbons (Fsp3) is 1.00. The fourth-order valence-corrected chi connectivity index (χ4v) is 2.49. The minimum Gasteiger partial charge on any atom is -0.317 e. The van der Waals surface area contributed by atoms with Gasteiger partial charge in [0.1, 0.15) is 0 Å². The zero-order valence-electron chi connectivity index (χ0n) is 6.30. The van der Waals surface area contributed by atoms with Crippen LogP contribution in [0.1, 0.15) is 12.8 Å². The standard InChI is InChI=1S/C6H16N2S2/c1-10(9)8-6-2-4-7-5-3-6/h6-10H,2-5H2,1H3. The van der Waals surface area contributed by atoms with Gasteiger partial charge in [0, 0.05) is 6.04 Å². The third kappa shape index (κ3) is 3.14. The molecule has 0 spiro atoms. The molecule has 0 saturated carbocycles. The number of piperidine rings is 1.